The number of ether oxygens (including phenoxy) is 1. The second kappa shape index (κ2) is 7.98. The summed E-state index contributed by atoms with van der Waals surface area (Å²) in [5, 5.41) is 0.163. The third-order valence-electron chi connectivity index (χ3n) is 5.49. The first-order chi connectivity index (χ1) is 16.0. The molecule has 0 saturated heterocycles. The molecule has 162 valence electrons. The minimum absolute atomic E-state index is 0.104. The predicted octanol–water partition coefficient (Wildman–Crippen LogP) is 5.46. The minimum atomic E-state index is -0.407. The van der Waals surface area contributed by atoms with Crippen molar-refractivity contribution in [2.75, 3.05) is 6.61 Å². The Morgan fingerprint density at radius 3 is 2.33 bits per heavy atom. The Labute approximate surface area is 187 Å². The number of Topliss-reactive ketones (excluding diaryl/α,β-unsaturated/α-hetero) is 1. The van der Waals surface area contributed by atoms with E-state index in [-0.39, 0.29) is 45.0 Å². The molecule has 0 radical (unpaired) electrons. The number of fused-ring (bicyclic) bond motifs is 2. The van der Waals surface area contributed by atoms with Crippen molar-refractivity contribution in [3.05, 3.63) is 106 Å². The first-order valence-corrected chi connectivity index (χ1v) is 10.4. The van der Waals surface area contributed by atoms with Crippen LogP contribution >= 0.6 is 0 Å². The standard InChI is InChI=1S/C27H17FO5/c1-2-32-17-11-20(21-13-22(29)18-5-3-4-6-19(18)27(21)31)26-23(30)14-24(33-25(26)12-17)15-7-9-16(28)10-8-15/h3-14H,2H2,1H3. The lowest BCUT2D eigenvalue weighted by molar-refractivity contribution is 0.100. The fourth-order valence-corrected chi connectivity index (χ4v) is 4.00. The van der Waals surface area contributed by atoms with Gasteiger partial charge in [-0.25, -0.2) is 4.39 Å². The monoisotopic (exact) mass is 440 g/mol. The van der Waals surface area contributed by atoms with E-state index in [0.717, 1.165) is 0 Å². The number of hydrogen-bond acceptors (Lipinski definition) is 5. The number of carbonyl (C=O) groups is 2. The fourth-order valence-electron chi connectivity index (χ4n) is 4.00. The quantitative estimate of drug-likeness (QED) is 0.421. The van der Waals surface area contributed by atoms with Gasteiger partial charge in [-0.2, -0.15) is 0 Å². The van der Waals surface area contributed by atoms with Gasteiger partial charge in [0.1, 0.15) is 22.9 Å². The Bertz CT molecular complexity index is 1530. The van der Waals surface area contributed by atoms with Crippen LogP contribution < -0.4 is 10.2 Å². The van der Waals surface area contributed by atoms with E-state index >= 15 is 0 Å². The molecule has 6 heteroatoms. The molecule has 3 aromatic carbocycles. The number of carbonyl (C=O) groups excluding carboxylic acids is 2. The first kappa shape index (κ1) is 20.6. The molecule has 0 fully saturated rings. The Morgan fingerprint density at radius 2 is 1.61 bits per heavy atom. The van der Waals surface area contributed by atoms with Crippen LogP contribution in [-0.2, 0) is 0 Å². The smallest absolute Gasteiger partial charge is 0.194 e. The van der Waals surface area contributed by atoms with E-state index < -0.39 is 11.2 Å². The van der Waals surface area contributed by atoms with Crippen LogP contribution in [0.5, 0.6) is 5.75 Å². The van der Waals surface area contributed by atoms with Gasteiger partial charge in [0.05, 0.1) is 12.0 Å². The molecular weight excluding hydrogens is 423 g/mol. The van der Waals surface area contributed by atoms with Crippen LogP contribution in [-0.4, -0.2) is 18.2 Å². The largest absolute Gasteiger partial charge is 0.494 e. The summed E-state index contributed by atoms with van der Waals surface area (Å²) < 4.78 is 25.0. The van der Waals surface area contributed by atoms with Crippen LogP contribution in [0.2, 0.25) is 0 Å². The highest BCUT2D eigenvalue weighted by atomic mass is 19.1. The SMILES string of the molecule is CCOc1cc(C2=CC(=O)c3ccccc3C2=O)c2c(=O)cc(-c3ccc(F)cc3)oc2c1. The van der Waals surface area contributed by atoms with Crippen LogP contribution in [0.1, 0.15) is 33.2 Å². The van der Waals surface area contributed by atoms with Crippen LogP contribution in [0.25, 0.3) is 27.9 Å². The highest BCUT2D eigenvalue weighted by molar-refractivity contribution is 6.39. The molecule has 0 amide bonds. The third-order valence-corrected chi connectivity index (χ3v) is 5.49. The number of halogens is 1. The maximum absolute atomic E-state index is 13.3. The van der Waals surface area contributed by atoms with Crippen molar-refractivity contribution in [2.24, 2.45) is 0 Å². The predicted molar refractivity (Wildman–Crippen MR) is 122 cm³/mol. The molecule has 1 aromatic heterocycles. The molecule has 0 saturated carbocycles. The van der Waals surface area contributed by atoms with Gasteiger partial charge >= 0.3 is 0 Å². The Hall–Kier alpha value is -4.32. The molecule has 1 aliphatic rings. The number of hydrogen-bond donors (Lipinski definition) is 0. The minimum Gasteiger partial charge on any atom is -0.494 e. The van der Waals surface area contributed by atoms with Gasteiger partial charge in [-0.15, -0.1) is 0 Å². The summed E-state index contributed by atoms with van der Waals surface area (Å²) in [7, 11) is 0. The molecule has 33 heavy (non-hydrogen) atoms. The molecule has 5 nitrogen and oxygen atoms in total. The summed E-state index contributed by atoms with van der Waals surface area (Å²) in [4.78, 5) is 39.2. The van der Waals surface area contributed by atoms with E-state index in [4.69, 9.17) is 9.15 Å². The maximum Gasteiger partial charge on any atom is 0.194 e. The molecule has 0 N–H and O–H groups in total. The van der Waals surface area contributed by atoms with Crippen molar-refractivity contribution in [1.29, 1.82) is 0 Å². The van der Waals surface area contributed by atoms with E-state index in [2.05, 4.69) is 0 Å². The van der Waals surface area contributed by atoms with Gasteiger partial charge in [-0.1, -0.05) is 24.3 Å². The van der Waals surface area contributed by atoms with E-state index in [1.807, 2.05) is 0 Å². The molecule has 4 aromatic rings. The summed E-state index contributed by atoms with van der Waals surface area (Å²) in [5.74, 6) is -0.447. The Morgan fingerprint density at radius 1 is 0.879 bits per heavy atom. The van der Waals surface area contributed by atoms with E-state index in [9.17, 15) is 18.8 Å². The normalized spacial score (nSPS) is 13.1. The zero-order valence-electron chi connectivity index (χ0n) is 17.6. The van der Waals surface area contributed by atoms with E-state index in [1.165, 1.54) is 36.4 Å². The lowest BCUT2D eigenvalue weighted by Gasteiger charge is -2.17. The second-order valence-electron chi connectivity index (χ2n) is 7.56. The molecule has 5 rings (SSSR count). The summed E-state index contributed by atoms with van der Waals surface area (Å²) in [5.41, 5.74) is 1.30. The van der Waals surface area contributed by atoms with Gasteiger partial charge in [0.2, 0.25) is 0 Å². The first-order valence-electron chi connectivity index (χ1n) is 10.4. The van der Waals surface area contributed by atoms with Crippen molar-refractivity contribution in [3.63, 3.8) is 0 Å². The molecule has 1 heterocycles. The van der Waals surface area contributed by atoms with Gasteiger partial charge in [0.25, 0.3) is 0 Å². The number of rotatable bonds is 4. The molecule has 0 unspecified atom stereocenters. The molecular formula is C27H17FO5. The summed E-state index contributed by atoms with van der Waals surface area (Å²) in [6.45, 7) is 2.15. The van der Waals surface area contributed by atoms with Gasteiger partial charge in [-0.05, 0) is 43.3 Å². The topological polar surface area (TPSA) is 73.6 Å². The Kier molecular flexibility index (Phi) is 4.98. The van der Waals surface area contributed by atoms with Crippen molar-refractivity contribution >= 4 is 28.1 Å². The summed E-state index contributed by atoms with van der Waals surface area (Å²) >= 11 is 0. The molecule has 0 bridgehead atoms. The number of benzene rings is 3. The lowest BCUT2D eigenvalue weighted by atomic mass is 9.85. The van der Waals surface area contributed by atoms with Crippen LogP contribution in [0.15, 0.2) is 82.0 Å². The molecule has 0 atom stereocenters. The zero-order chi connectivity index (χ0) is 23.1. The van der Waals surface area contributed by atoms with Gasteiger partial charge in [0.15, 0.2) is 17.0 Å². The van der Waals surface area contributed by atoms with Crippen molar-refractivity contribution in [2.45, 2.75) is 6.92 Å². The van der Waals surface area contributed by atoms with Crippen LogP contribution in [0.3, 0.4) is 0 Å². The third kappa shape index (κ3) is 3.55. The molecule has 0 spiro atoms. The van der Waals surface area contributed by atoms with Gasteiger partial charge in [-0.3, -0.25) is 14.4 Å². The zero-order valence-corrected chi connectivity index (χ0v) is 17.6. The highest BCUT2D eigenvalue weighted by Gasteiger charge is 2.28. The van der Waals surface area contributed by atoms with Crippen molar-refractivity contribution in [3.8, 4) is 17.1 Å². The molecule has 1 aliphatic carbocycles. The van der Waals surface area contributed by atoms with Crippen molar-refractivity contribution in [1.82, 2.24) is 0 Å². The fraction of sp³-hybridized carbons (Fsp3) is 0.0741. The van der Waals surface area contributed by atoms with E-state index in [1.54, 1.807) is 43.3 Å². The summed E-state index contributed by atoms with van der Waals surface area (Å²) in [6.07, 6.45) is 1.25. The number of ketones is 2. The van der Waals surface area contributed by atoms with Crippen molar-refractivity contribution < 1.29 is 23.1 Å². The average Bonchev–Trinajstić information content (AvgIpc) is 2.81. The van der Waals surface area contributed by atoms with Gasteiger partial charge < -0.3 is 9.15 Å². The highest BCUT2D eigenvalue weighted by Crippen LogP contribution is 2.35. The van der Waals surface area contributed by atoms with Crippen LogP contribution in [0.4, 0.5) is 4.39 Å². The average molecular weight is 440 g/mol. The van der Waals surface area contributed by atoms with E-state index in [0.29, 0.717) is 23.5 Å². The number of allylic oxidation sites excluding steroid dienone is 2. The lowest BCUT2D eigenvalue weighted by Crippen LogP contribution is -2.17. The second-order valence-corrected chi connectivity index (χ2v) is 7.56. The molecule has 0 aliphatic heterocycles. The Balaban J connectivity index is 1.76. The van der Waals surface area contributed by atoms with Gasteiger partial charge in [0, 0.05) is 40.0 Å². The van der Waals surface area contributed by atoms with Crippen LogP contribution in [0, 0.1) is 5.82 Å². The maximum atomic E-state index is 13.3. The summed E-state index contributed by atoms with van der Waals surface area (Å²) in [6, 6.07) is 16.6.